The summed E-state index contributed by atoms with van der Waals surface area (Å²) in [7, 11) is 0. The maximum atomic E-state index is 2.60. The molecule has 0 aliphatic heterocycles. The summed E-state index contributed by atoms with van der Waals surface area (Å²) in [5, 5.41) is 0. The quantitative estimate of drug-likeness (QED) is 0.550. The van der Waals surface area contributed by atoms with Gasteiger partial charge in [-0.1, -0.05) is 36.6 Å². The van der Waals surface area contributed by atoms with E-state index in [9.17, 15) is 0 Å². The Morgan fingerprint density at radius 1 is 0.933 bits per heavy atom. The molecule has 0 aromatic rings. The highest BCUT2D eigenvalue weighted by atomic mass is 14.4. The lowest BCUT2D eigenvalue weighted by atomic mass is 9.82. The molecule has 0 spiro atoms. The fourth-order valence-corrected chi connectivity index (χ4v) is 3.76. The zero-order valence-electron chi connectivity index (χ0n) is 9.62. The molecule has 0 aromatic heterocycles. The molecule has 3 aliphatic carbocycles. The molecular formula is C15H22. The molecule has 0 saturated heterocycles. The maximum Gasteiger partial charge on any atom is -0.0134 e. The highest BCUT2D eigenvalue weighted by molar-refractivity contribution is 5.20. The Morgan fingerprint density at radius 2 is 1.87 bits per heavy atom. The van der Waals surface area contributed by atoms with Gasteiger partial charge in [0.2, 0.25) is 0 Å². The van der Waals surface area contributed by atoms with Gasteiger partial charge in [0, 0.05) is 0 Å². The Kier molecular flexibility index (Phi) is 2.68. The largest absolute Gasteiger partial charge is 0.0851 e. The van der Waals surface area contributed by atoms with Crippen molar-refractivity contribution in [3.63, 3.8) is 0 Å². The number of fused-ring (bicyclic) bond motifs is 2. The average Bonchev–Trinajstić information content (AvgIpc) is 2.78. The van der Waals surface area contributed by atoms with E-state index in [1.807, 2.05) is 5.57 Å². The highest BCUT2D eigenvalue weighted by Crippen LogP contribution is 2.47. The van der Waals surface area contributed by atoms with Crippen molar-refractivity contribution < 1.29 is 0 Å². The minimum Gasteiger partial charge on any atom is -0.0851 e. The summed E-state index contributed by atoms with van der Waals surface area (Å²) in [5.41, 5.74) is 1.83. The molecule has 0 aromatic carbocycles. The van der Waals surface area contributed by atoms with Crippen molar-refractivity contribution in [3.8, 4) is 0 Å². The minimum atomic E-state index is 0.917. The Bertz CT molecular complexity index is 284. The van der Waals surface area contributed by atoms with E-state index >= 15 is 0 Å². The van der Waals surface area contributed by atoms with E-state index < -0.39 is 0 Å². The maximum absolute atomic E-state index is 2.60. The molecule has 1 fully saturated rings. The first-order chi connectivity index (χ1) is 7.43. The minimum absolute atomic E-state index is 0.917. The van der Waals surface area contributed by atoms with Gasteiger partial charge in [-0.3, -0.25) is 0 Å². The van der Waals surface area contributed by atoms with Gasteiger partial charge in [-0.05, 0) is 56.3 Å². The molecule has 0 radical (unpaired) electrons. The van der Waals surface area contributed by atoms with Crippen LogP contribution in [0.5, 0.6) is 0 Å². The van der Waals surface area contributed by atoms with Crippen LogP contribution in [0.15, 0.2) is 23.8 Å². The standard InChI is InChI=1S/C15H22/c1-2-4-6-13(7-5-3-1)15-11-12-8-9-14(15)10-12/h6,8-9,12,14-15H,1-5,7,10-11H2/b13-6+. The van der Waals surface area contributed by atoms with Crippen molar-refractivity contribution in [1.82, 2.24) is 0 Å². The van der Waals surface area contributed by atoms with E-state index in [0.29, 0.717) is 0 Å². The number of hydrogen-bond donors (Lipinski definition) is 0. The van der Waals surface area contributed by atoms with Crippen molar-refractivity contribution in [1.29, 1.82) is 0 Å². The second-order valence-electron chi connectivity index (χ2n) is 5.62. The second kappa shape index (κ2) is 4.15. The monoisotopic (exact) mass is 202 g/mol. The summed E-state index contributed by atoms with van der Waals surface area (Å²) in [6.45, 7) is 0. The lowest BCUT2D eigenvalue weighted by molar-refractivity contribution is 0.481. The molecule has 2 bridgehead atoms. The number of hydrogen-bond acceptors (Lipinski definition) is 0. The van der Waals surface area contributed by atoms with Crippen LogP contribution in [0.3, 0.4) is 0 Å². The molecule has 0 heterocycles. The summed E-state index contributed by atoms with van der Waals surface area (Å²) in [6, 6.07) is 0. The first-order valence-corrected chi connectivity index (χ1v) is 6.81. The summed E-state index contributed by atoms with van der Waals surface area (Å²) in [4.78, 5) is 0. The van der Waals surface area contributed by atoms with Crippen molar-refractivity contribution in [2.45, 2.75) is 51.4 Å². The molecule has 0 amide bonds. The topological polar surface area (TPSA) is 0 Å². The third-order valence-electron chi connectivity index (χ3n) is 4.58. The Morgan fingerprint density at radius 3 is 2.67 bits per heavy atom. The van der Waals surface area contributed by atoms with E-state index in [1.54, 1.807) is 0 Å². The van der Waals surface area contributed by atoms with E-state index in [1.165, 1.54) is 51.4 Å². The van der Waals surface area contributed by atoms with Crippen molar-refractivity contribution in [2.75, 3.05) is 0 Å². The third-order valence-corrected chi connectivity index (χ3v) is 4.58. The molecule has 0 nitrogen and oxygen atoms in total. The third kappa shape index (κ3) is 1.91. The SMILES string of the molecule is C1=CC2CC1CC2/C1=C/CCCCCC1. The average molecular weight is 202 g/mol. The van der Waals surface area contributed by atoms with Crippen LogP contribution in [-0.4, -0.2) is 0 Å². The van der Waals surface area contributed by atoms with Crippen LogP contribution in [0.4, 0.5) is 0 Å². The first kappa shape index (κ1) is 9.69. The van der Waals surface area contributed by atoms with E-state index in [2.05, 4.69) is 18.2 Å². The zero-order valence-corrected chi connectivity index (χ0v) is 9.62. The van der Waals surface area contributed by atoms with Gasteiger partial charge in [0.1, 0.15) is 0 Å². The molecule has 0 heteroatoms. The van der Waals surface area contributed by atoms with Gasteiger partial charge in [0.15, 0.2) is 0 Å². The summed E-state index contributed by atoms with van der Waals surface area (Å²) >= 11 is 0. The van der Waals surface area contributed by atoms with Crippen molar-refractivity contribution in [2.24, 2.45) is 17.8 Å². The lowest BCUT2D eigenvalue weighted by Gasteiger charge is -2.23. The van der Waals surface area contributed by atoms with Crippen LogP contribution in [0, 0.1) is 17.8 Å². The van der Waals surface area contributed by atoms with E-state index in [-0.39, 0.29) is 0 Å². The molecule has 15 heavy (non-hydrogen) atoms. The van der Waals surface area contributed by atoms with Gasteiger partial charge in [0.05, 0.1) is 0 Å². The normalized spacial score (nSPS) is 43.5. The van der Waals surface area contributed by atoms with Crippen LogP contribution in [0.1, 0.15) is 51.4 Å². The van der Waals surface area contributed by atoms with Gasteiger partial charge >= 0.3 is 0 Å². The number of allylic oxidation sites excluding steroid dienone is 4. The van der Waals surface area contributed by atoms with Gasteiger partial charge in [0.25, 0.3) is 0 Å². The predicted octanol–water partition coefficient (Wildman–Crippen LogP) is 4.48. The second-order valence-corrected chi connectivity index (χ2v) is 5.62. The van der Waals surface area contributed by atoms with Crippen LogP contribution in [0.25, 0.3) is 0 Å². The van der Waals surface area contributed by atoms with Gasteiger partial charge in [-0.25, -0.2) is 0 Å². The van der Waals surface area contributed by atoms with E-state index in [4.69, 9.17) is 0 Å². The van der Waals surface area contributed by atoms with Crippen LogP contribution in [0.2, 0.25) is 0 Å². The summed E-state index contributed by atoms with van der Waals surface area (Å²) < 4.78 is 0. The Balaban J connectivity index is 1.72. The van der Waals surface area contributed by atoms with Gasteiger partial charge in [-0.2, -0.15) is 0 Å². The van der Waals surface area contributed by atoms with Crippen LogP contribution >= 0.6 is 0 Å². The molecule has 0 N–H and O–H groups in total. The molecule has 3 rings (SSSR count). The first-order valence-electron chi connectivity index (χ1n) is 6.81. The zero-order chi connectivity index (χ0) is 10.1. The molecular weight excluding hydrogens is 180 g/mol. The summed E-state index contributed by atoms with van der Waals surface area (Å²) in [5.74, 6) is 2.80. The molecule has 1 saturated carbocycles. The predicted molar refractivity (Wildman–Crippen MR) is 64.6 cm³/mol. The molecule has 3 atom stereocenters. The van der Waals surface area contributed by atoms with Crippen molar-refractivity contribution >= 4 is 0 Å². The van der Waals surface area contributed by atoms with Gasteiger partial charge in [-0.15, -0.1) is 0 Å². The lowest BCUT2D eigenvalue weighted by Crippen LogP contribution is -2.11. The molecule has 3 unspecified atom stereocenters. The van der Waals surface area contributed by atoms with Crippen molar-refractivity contribution in [3.05, 3.63) is 23.8 Å². The number of rotatable bonds is 1. The fraction of sp³-hybridized carbons (Fsp3) is 0.733. The van der Waals surface area contributed by atoms with Crippen LogP contribution in [-0.2, 0) is 0 Å². The van der Waals surface area contributed by atoms with Crippen LogP contribution < -0.4 is 0 Å². The fourth-order valence-electron chi connectivity index (χ4n) is 3.76. The molecule has 82 valence electrons. The highest BCUT2D eigenvalue weighted by Gasteiger charge is 2.36. The Hall–Kier alpha value is -0.520. The van der Waals surface area contributed by atoms with Gasteiger partial charge < -0.3 is 0 Å². The Labute approximate surface area is 93.5 Å². The summed E-state index contributed by atoms with van der Waals surface area (Å²) in [6.07, 6.45) is 19.0. The molecule has 3 aliphatic rings. The van der Waals surface area contributed by atoms with E-state index in [0.717, 1.165) is 17.8 Å². The smallest absolute Gasteiger partial charge is 0.0134 e.